The van der Waals surface area contributed by atoms with Crippen LogP contribution >= 0.6 is 0 Å². The molecule has 1 aromatic carbocycles. The molecular formula is C17H23N3O. The average Bonchev–Trinajstić information content (AvgIpc) is 2.97. The van der Waals surface area contributed by atoms with Gasteiger partial charge < -0.3 is 5.11 Å². The maximum absolute atomic E-state index is 10.6. The first kappa shape index (κ1) is 15.4. The molecule has 2 rings (SSSR count). The van der Waals surface area contributed by atoms with E-state index < -0.39 is 6.10 Å². The van der Waals surface area contributed by atoms with Crippen molar-refractivity contribution in [2.75, 3.05) is 0 Å². The smallest absolute Gasteiger partial charge is 0.137 e. The van der Waals surface area contributed by atoms with Gasteiger partial charge in [-0.3, -0.25) is 0 Å². The van der Waals surface area contributed by atoms with Gasteiger partial charge in [0, 0.05) is 0 Å². The normalized spacial score (nSPS) is 15.2. The van der Waals surface area contributed by atoms with E-state index in [0.29, 0.717) is 6.42 Å². The zero-order chi connectivity index (χ0) is 15.3. The quantitative estimate of drug-likeness (QED) is 0.916. The first-order valence-electron chi connectivity index (χ1n) is 7.22. The summed E-state index contributed by atoms with van der Waals surface area (Å²) in [6, 6.07) is 10.0. The van der Waals surface area contributed by atoms with Gasteiger partial charge in [0.1, 0.15) is 12.7 Å². The van der Waals surface area contributed by atoms with Crippen LogP contribution in [-0.4, -0.2) is 26.0 Å². The Kier molecular flexibility index (Phi) is 4.91. The second-order valence-corrected chi connectivity index (χ2v) is 6.30. The highest BCUT2D eigenvalue weighted by atomic mass is 16.3. The molecule has 0 radical (unpaired) electrons. The lowest BCUT2D eigenvalue weighted by Gasteiger charge is -2.32. The number of hydrogen-bond acceptors (Lipinski definition) is 3. The van der Waals surface area contributed by atoms with Gasteiger partial charge in [0.05, 0.1) is 12.1 Å². The predicted octanol–water partition coefficient (Wildman–Crippen LogP) is 3.33. The molecule has 0 aliphatic carbocycles. The Morgan fingerprint density at radius 1 is 1.24 bits per heavy atom. The van der Waals surface area contributed by atoms with Crippen molar-refractivity contribution in [3.8, 4) is 0 Å². The van der Waals surface area contributed by atoms with Gasteiger partial charge in [-0.2, -0.15) is 5.10 Å². The second kappa shape index (κ2) is 6.68. The largest absolute Gasteiger partial charge is 0.390 e. The van der Waals surface area contributed by atoms with E-state index in [1.165, 1.54) is 6.33 Å². The predicted molar refractivity (Wildman–Crippen MR) is 84.6 cm³/mol. The van der Waals surface area contributed by atoms with Crippen LogP contribution in [-0.2, 0) is 0 Å². The van der Waals surface area contributed by atoms with Crippen LogP contribution in [0.4, 0.5) is 0 Å². The van der Waals surface area contributed by atoms with Crippen molar-refractivity contribution >= 4 is 6.08 Å². The maximum atomic E-state index is 10.6. The highest BCUT2D eigenvalue weighted by Gasteiger charge is 2.31. The van der Waals surface area contributed by atoms with E-state index >= 15 is 0 Å². The van der Waals surface area contributed by atoms with Crippen LogP contribution in [0.1, 0.15) is 38.8 Å². The minimum atomic E-state index is -0.500. The molecule has 112 valence electrons. The van der Waals surface area contributed by atoms with Crippen LogP contribution in [0.5, 0.6) is 0 Å². The third-order valence-electron chi connectivity index (χ3n) is 3.52. The average molecular weight is 285 g/mol. The summed E-state index contributed by atoms with van der Waals surface area (Å²) in [5.74, 6) is 0. The van der Waals surface area contributed by atoms with Gasteiger partial charge in [-0.15, -0.1) is 0 Å². The zero-order valence-electron chi connectivity index (χ0n) is 12.8. The molecule has 0 fully saturated rings. The molecule has 4 heteroatoms. The Morgan fingerprint density at radius 3 is 2.52 bits per heavy atom. The zero-order valence-corrected chi connectivity index (χ0v) is 12.8. The van der Waals surface area contributed by atoms with E-state index in [1.54, 1.807) is 11.0 Å². The van der Waals surface area contributed by atoms with Gasteiger partial charge in [0.15, 0.2) is 0 Å². The Bertz CT molecular complexity index is 555. The van der Waals surface area contributed by atoms with Crippen molar-refractivity contribution in [3.63, 3.8) is 0 Å². The molecule has 0 aliphatic heterocycles. The van der Waals surface area contributed by atoms with E-state index in [-0.39, 0.29) is 11.5 Å². The maximum Gasteiger partial charge on any atom is 0.137 e. The fourth-order valence-electron chi connectivity index (χ4n) is 2.26. The number of rotatable bonds is 5. The Morgan fingerprint density at radius 2 is 1.95 bits per heavy atom. The van der Waals surface area contributed by atoms with Gasteiger partial charge in [-0.1, -0.05) is 63.3 Å². The number of nitrogens with zero attached hydrogens (tertiary/aromatic N) is 3. The van der Waals surface area contributed by atoms with E-state index in [4.69, 9.17) is 0 Å². The minimum absolute atomic E-state index is 0.118. The molecule has 2 atom stereocenters. The molecule has 0 aliphatic rings. The first-order chi connectivity index (χ1) is 9.98. The fraction of sp³-hybridized carbons (Fsp3) is 0.412. The van der Waals surface area contributed by atoms with Crippen LogP contribution in [0.3, 0.4) is 0 Å². The van der Waals surface area contributed by atoms with Crippen LogP contribution in [0.25, 0.3) is 6.08 Å². The van der Waals surface area contributed by atoms with Crippen molar-refractivity contribution in [2.45, 2.75) is 39.3 Å². The summed E-state index contributed by atoms with van der Waals surface area (Å²) in [6.07, 6.45) is 7.52. The highest BCUT2D eigenvalue weighted by Crippen LogP contribution is 2.30. The summed E-state index contributed by atoms with van der Waals surface area (Å²) in [7, 11) is 0. The lowest BCUT2D eigenvalue weighted by Crippen LogP contribution is -2.35. The van der Waals surface area contributed by atoms with Crippen molar-refractivity contribution in [1.29, 1.82) is 0 Å². The van der Waals surface area contributed by atoms with Crippen LogP contribution in [0.2, 0.25) is 0 Å². The van der Waals surface area contributed by atoms with Crippen molar-refractivity contribution in [2.24, 2.45) is 5.41 Å². The molecular weight excluding hydrogens is 262 g/mol. The van der Waals surface area contributed by atoms with Gasteiger partial charge in [-0.25, -0.2) is 9.67 Å². The molecule has 1 N–H and O–H groups in total. The summed E-state index contributed by atoms with van der Waals surface area (Å²) < 4.78 is 1.74. The van der Waals surface area contributed by atoms with E-state index in [2.05, 4.69) is 34.4 Å². The van der Waals surface area contributed by atoms with Gasteiger partial charge in [0.25, 0.3) is 0 Å². The lowest BCUT2D eigenvalue weighted by molar-refractivity contribution is 0.0134. The molecule has 0 bridgehead atoms. The number of benzene rings is 1. The van der Waals surface area contributed by atoms with E-state index in [1.807, 2.05) is 39.0 Å². The third kappa shape index (κ3) is 4.26. The standard InChI is InChI=1S/C17H23N3O/c1-17(2,3)16(21)15(20-13-18-12-19-20)11-7-10-14-8-5-4-6-9-14/h4-10,12-13,15-16,21H,11H2,1-3H3. The van der Waals surface area contributed by atoms with E-state index in [0.717, 1.165) is 5.56 Å². The van der Waals surface area contributed by atoms with Crippen LogP contribution < -0.4 is 0 Å². The summed E-state index contributed by atoms with van der Waals surface area (Å²) in [4.78, 5) is 3.99. The first-order valence-corrected chi connectivity index (χ1v) is 7.22. The SMILES string of the molecule is CC(C)(C)C(O)C(CC=Cc1ccccc1)n1cncn1. The highest BCUT2D eigenvalue weighted by molar-refractivity contribution is 5.48. The minimum Gasteiger partial charge on any atom is -0.390 e. The summed E-state index contributed by atoms with van der Waals surface area (Å²) in [5.41, 5.74) is 0.942. The lowest BCUT2D eigenvalue weighted by atomic mass is 9.83. The number of hydrogen-bond donors (Lipinski definition) is 1. The summed E-state index contributed by atoms with van der Waals surface area (Å²) >= 11 is 0. The monoisotopic (exact) mass is 285 g/mol. The molecule has 4 nitrogen and oxygen atoms in total. The van der Waals surface area contributed by atoms with Gasteiger partial charge in [0.2, 0.25) is 0 Å². The van der Waals surface area contributed by atoms with Crippen molar-refractivity contribution in [1.82, 2.24) is 14.8 Å². The summed E-state index contributed by atoms with van der Waals surface area (Å²) in [5, 5.41) is 14.8. The Hall–Kier alpha value is -1.94. The summed E-state index contributed by atoms with van der Waals surface area (Å²) in [6.45, 7) is 6.09. The molecule has 0 saturated heterocycles. The third-order valence-corrected chi connectivity index (χ3v) is 3.52. The van der Waals surface area contributed by atoms with Gasteiger partial charge >= 0.3 is 0 Å². The number of aliphatic hydroxyl groups excluding tert-OH is 1. The Balaban J connectivity index is 2.12. The van der Waals surface area contributed by atoms with Crippen LogP contribution in [0, 0.1) is 5.41 Å². The fourth-order valence-corrected chi connectivity index (χ4v) is 2.26. The number of aliphatic hydroxyl groups is 1. The molecule has 1 aromatic heterocycles. The molecule has 21 heavy (non-hydrogen) atoms. The Labute approximate surface area is 126 Å². The number of allylic oxidation sites excluding steroid dienone is 1. The van der Waals surface area contributed by atoms with Crippen molar-refractivity contribution in [3.05, 3.63) is 54.6 Å². The number of aromatic nitrogens is 3. The second-order valence-electron chi connectivity index (χ2n) is 6.30. The molecule has 2 aromatic rings. The molecule has 0 amide bonds. The van der Waals surface area contributed by atoms with E-state index in [9.17, 15) is 5.11 Å². The van der Waals surface area contributed by atoms with Gasteiger partial charge in [-0.05, 0) is 17.4 Å². The van der Waals surface area contributed by atoms with Crippen LogP contribution in [0.15, 0.2) is 49.1 Å². The molecule has 2 unspecified atom stereocenters. The van der Waals surface area contributed by atoms with Crippen molar-refractivity contribution < 1.29 is 5.11 Å². The molecule has 0 saturated carbocycles. The topological polar surface area (TPSA) is 50.9 Å². The molecule has 1 heterocycles. The molecule has 0 spiro atoms.